The predicted molar refractivity (Wildman–Crippen MR) is 135 cm³/mol. The van der Waals surface area contributed by atoms with Gasteiger partial charge in [-0.15, -0.1) is 0 Å². The third kappa shape index (κ3) is 5.96. The minimum Gasteiger partial charge on any atom is -0.485 e. The van der Waals surface area contributed by atoms with Crippen molar-refractivity contribution in [3.05, 3.63) is 94.4 Å². The maximum absolute atomic E-state index is 13.7. The fourth-order valence-electron chi connectivity index (χ4n) is 3.82. The molecule has 0 bridgehead atoms. The maximum atomic E-state index is 13.7. The van der Waals surface area contributed by atoms with Crippen LogP contribution in [0.25, 0.3) is 33.6 Å². The van der Waals surface area contributed by atoms with Gasteiger partial charge in [-0.1, -0.05) is 17.3 Å². The highest BCUT2D eigenvalue weighted by Crippen LogP contribution is 2.33. The van der Waals surface area contributed by atoms with Crippen LogP contribution in [0.15, 0.2) is 80.7 Å². The molecule has 1 N–H and O–H groups in total. The highest BCUT2D eigenvalue weighted by Gasteiger charge is 2.32. The molecule has 0 spiro atoms. The molecule has 14 heteroatoms. The van der Waals surface area contributed by atoms with Crippen molar-refractivity contribution in [2.24, 2.45) is 0 Å². The van der Waals surface area contributed by atoms with Crippen LogP contribution in [0.3, 0.4) is 0 Å². The summed E-state index contributed by atoms with van der Waals surface area (Å²) in [5, 5.41) is 3.88. The number of anilines is 1. The number of hydrogen-bond acceptors (Lipinski definition) is 8. The van der Waals surface area contributed by atoms with E-state index in [9.17, 15) is 30.8 Å². The SMILES string of the molecule is CS(=O)(=O)Nc1cccc(-c2coc3cc(OCc4noc(-c5cc(F)cc(C(F)(F)F)c5)n4)ccc3c2=O)c1. The molecule has 0 atom stereocenters. The monoisotopic (exact) mass is 575 g/mol. The zero-order chi connectivity index (χ0) is 28.7. The van der Waals surface area contributed by atoms with Crippen molar-refractivity contribution in [3.8, 4) is 28.3 Å². The fourth-order valence-corrected chi connectivity index (χ4v) is 4.37. The second-order valence-electron chi connectivity index (χ2n) is 8.62. The third-order valence-electron chi connectivity index (χ3n) is 5.53. The van der Waals surface area contributed by atoms with Gasteiger partial charge in [-0.05, 0) is 48.0 Å². The van der Waals surface area contributed by atoms with Crippen LogP contribution in [0.4, 0.5) is 23.2 Å². The van der Waals surface area contributed by atoms with Gasteiger partial charge in [0.05, 0.1) is 22.8 Å². The molecular weight excluding hydrogens is 558 g/mol. The lowest BCUT2D eigenvalue weighted by atomic mass is 10.1. The fraction of sp³-hybridized carbons (Fsp3) is 0.115. The van der Waals surface area contributed by atoms with Gasteiger partial charge >= 0.3 is 6.18 Å². The van der Waals surface area contributed by atoms with Gasteiger partial charge in [-0.25, -0.2) is 12.8 Å². The molecule has 2 aromatic heterocycles. The summed E-state index contributed by atoms with van der Waals surface area (Å²) in [5.41, 5.74) is -0.664. The zero-order valence-corrected chi connectivity index (χ0v) is 21.1. The Morgan fingerprint density at radius 1 is 1.02 bits per heavy atom. The normalized spacial score (nSPS) is 12.0. The van der Waals surface area contributed by atoms with Crippen LogP contribution in [0, 0.1) is 5.82 Å². The van der Waals surface area contributed by atoms with E-state index in [1.165, 1.54) is 30.5 Å². The molecule has 0 aliphatic carbocycles. The van der Waals surface area contributed by atoms with E-state index in [-0.39, 0.29) is 57.3 Å². The number of nitrogens with zero attached hydrogens (tertiary/aromatic N) is 2. The molecule has 40 heavy (non-hydrogen) atoms. The molecule has 9 nitrogen and oxygen atoms in total. The van der Waals surface area contributed by atoms with Crippen molar-refractivity contribution < 1.29 is 39.7 Å². The van der Waals surface area contributed by atoms with E-state index in [1.807, 2.05) is 0 Å². The number of nitrogens with one attached hydrogen (secondary N) is 1. The minimum atomic E-state index is -4.76. The van der Waals surface area contributed by atoms with E-state index < -0.39 is 27.6 Å². The molecule has 0 radical (unpaired) electrons. The molecule has 0 aliphatic rings. The van der Waals surface area contributed by atoms with Crippen LogP contribution in [-0.2, 0) is 22.8 Å². The van der Waals surface area contributed by atoms with Crippen LogP contribution in [0.2, 0.25) is 0 Å². The molecule has 0 unspecified atom stereocenters. The molecule has 0 fully saturated rings. The van der Waals surface area contributed by atoms with Crippen LogP contribution in [0.5, 0.6) is 5.75 Å². The Labute approximate surface area is 223 Å². The summed E-state index contributed by atoms with van der Waals surface area (Å²) in [6, 6.07) is 12.6. The van der Waals surface area contributed by atoms with Crippen LogP contribution < -0.4 is 14.9 Å². The topological polar surface area (TPSA) is 125 Å². The van der Waals surface area contributed by atoms with Gasteiger partial charge in [0.25, 0.3) is 5.89 Å². The Bertz CT molecular complexity index is 1900. The first-order valence-corrected chi connectivity index (χ1v) is 13.2. The second kappa shape index (κ2) is 10.1. The standard InChI is InChI=1S/C26H17F4N3O6S/c1-40(35,36)33-18-4-2-3-14(9-18)21-12-38-22-11-19(5-6-20(22)24(21)34)37-13-23-31-25(39-32-23)15-7-16(26(28,29)30)10-17(27)8-15/h2-12,33H,13H2,1H3. The van der Waals surface area contributed by atoms with Crippen LogP contribution in [-0.4, -0.2) is 24.8 Å². The minimum absolute atomic E-state index is 0.0210. The molecule has 0 aliphatic heterocycles. The maximum Gasteiger partial charge on any atom is 0.416 e. The van der Waals surface area contributed by atoms with E-state index in [0.717, 1.165) is 12.3 Å². The molecule has 2 heterocycles. The van der Waals surface area contributed by atoms with Gasteiger partial charge in [-0.2, -0.15) is 18.2 Å². The van der Waals surface area contributed by atoms with E-state index >= 15 is 0 Å². The van der Waals surface area contributed by atoms with E-state index in [0.29, 0.717) is 17.7 Å². The smallest absolute Gasteiger partial charge is 0.416 e. The van der Waals surface area contributed by atoms with Crippen molar-refractivity contribution in [1.29, 1.82) is 0 Å². The number of hydrogen-bond donors (Lipinski definition) is 1. The summed E-state index contributed by atoms with van der Waals surface area (Å²) in [6.45, 7) is -0.251. The Kier molecular flexibility index (Phi) is 6.79. The molecule has 0 amide bonds. The number of aromatic nitrogens is 2. The Balaban J connectivity index is 1.34. The highest BCUT2D eigenvalue weighted by atomic mass is 32.2. The Hall–Kier alpha value is -4.72. The summed E-state index contributed by atoms with van der Waals surface area (Å²) >= 11 is 0. The molecule has 0 saturated carbocycles. The Morgan fingerprint density at radius 2 is 1.82 bits per heavy atom. The molecule has 0 saturated heterocycles. The number of sulfonamides is 1. The Morgan fingerprint density at radius 3 is 2.58 bits per heavy atom. The van der Waals surface area contributed by atoms with E-state index in [4.69, 9.17) is 13.7 Å². The van der Waals surface area contributed by atoms with Crippen molar-refractivity contribution in [3.63, 3.8) is 0 Å². The summed E-state index contributed by atoms with van der Waals surface area (Å²) in [7, 11) is -3.51. The quantitative estimate of drug-likeness (QED) is 0.248. The van der Waals surface area contributed by atoms with Crippen LogP contribution in [0.1, 0.15) is 11.4 Å². The zero-order valence-electron chi connectivity index (χ0n) is 20.3. The van der Waals surface area contributed by atoms with E-state index in [2.05, 4.69) is 14.9 Å². The number of benzene rings is 3. The number of alkyl halides is 3. The molecule has 206 valence electrons. The predicted octanol–water partition coefficient (Wildman–Crippen LogP) is 5.62. The van der Waals surface area contributed by atoms with Crippen LogP contribution >= 0.6 is 0 Å². The first-order chi connectivity index (χ1) is 18.9. The van der Waals surface area contributed by atoms with Gasteiger partial charge < -0.3 is 13.7 Å². The number of fused-ring (bicyclic) bond motifs is 1. The summed E-state index contributed by atoms with van der Waals surface area (Å²) in [4.78, 5) is 17.1. The van der Waals surface area contributed by atoms with Gasteiger partial charge in [-0.3, -0.25) is 9.52 Å². The lowest BCUT2D eigenvalue weighted by Crippen LogP contribution is -2.10. The van der Waals surface area contributed by atoms with Gasteiger partial charge in [0, 0.05) is 17.3 Å². The van der Waals surface area contributed by atoms with Crippen molar-refractivity contribution in [2.75, 3.05) is 11.0 Å². The average molecular weight is 575 g/mol. The van der Waals surface area contributed by atoms with E-state index in [1.54, 1.807) is 18.2 Å². The van der Waals surface area contributed by atoms with Crippen molar-refractivity contribution in [2.45, 2.75) is 12.8 Å². The number of rotatable bonds is 7. The molecule has 5 aromatic rings. The summed E-state index contributed by atoms with van der Waals surface area (Å²) in [6.07, 6.45) is -2.50. The summed E-state index contributed by atoms with van der Waals surface area (Å²) < 4.78 is 94.3. The highest BCUT2D eigenvalue weighted by molar-refractivity contribution is 7.92. The van der Waals surface area contributed by atoms with Crippen molar-refractivity contribution >= 4 is 26.7 Å². The molecule has 3 aromatic carbocycles. The van der Waals surface area contributed by atoms with Crippen molar-refractivity contribution in [1.82, 2.24) is 10.1 Å². The lowest BCUT2D eigenvalue weighted by molar-refractivity contribution is -0.137. The summed E-state index contributed by atoms with van der Waals surface area (Å²) in [5.74, 6) is -1.19. The lowest BCUT2D eigenvalue weighted by Gasteiger charge is -2.08. The number of ether oxygens (including phenoxy) is 1. The largest absolute Gasteiger partial charge is 0.485 e. The average Bonchev–Trinajstić information content (AvgIpc) is 3.35. The third-order valence-corrected chi connectivity index (χ3v) is 6.14. The van der Waals surface area contributed by atoms with Gasteiger partial charge in [0.2, 0.25) is 15.8 Å². The first kappa shape index (κ1) is 26.9. The molecule has 5 rings (SSSR count). The molecular formula is C26H17F4N3O6S. The van der Waals surface area contributed by atoms with Gasteiger partial charge in [0.1, 0.15) is 23.4 Å². The van der Waals surface area contributed by atoms with Gasteiger partial charge in [0.15, 0.2) is 12.0 Å². The first-order valence-electron chi connectivity index (χ1n) is 11.3. The number of halogens is 4. The second-order valence-corrected chi connectivity index (χ2v) is 10.4.